The van der Waals surface area contributed by atoms with E-state index in [0.29, 0.717) is 0 Å². The Balaban J connectivity index is 1.71. The van der Waals surface area contributed by atoms with E-state index < -0.39 is 5.60 Å². The molecule has 178 valence electrons. The number of aliphatic imine (C=N–C) groups is 1. The summed E-state index contributed by atoms with van der Waals surface area (Å²) in [6.07, 6.45) is 2.47. The molecule has 1 amide bonds. The summed E-state index contributed by atoms with van der Waals surface area (Å²) >= 11 is 0. The van der Waals surface area contributed by atoms with Crippen LogP contribution in [0.3, 0.4) is 0 Å². The summed E-state index contributed by atoms with van der Waals surface area (Å²) in [5.41, 5.74) is 2.20. The molecule has 2 heterocycles. The summed E-state index contributed by atoms with van der Waals surface area (Å²) in [6.45, 7) is 14.6. The molecule has 1 unspecified atom stereocenters. The van der Waals surface area contributed by atoms with Gasteiger partial charge < -0.3 is 25.0 Å². The second-order valence-electron chi connectivity index (χ2n) is 9.96. The van der Waals surface area contributed by atoms with E-state index in [4.69, 9.17) is 14.5 Å². The summed E-state index contributed by atoms with van der Waals surface area (Å²) < 4.78 is 11.1. The van der Waals surface area contributed by atoms with E-state index in [-0.39, 0.29) is 17.6 Å². The first-order valence-corrected chi connectivity index (χ1v) is 11.9. The molecule has 32 heavy (non-hydrogen) atoms. The smallest absolute Gasteiger partial charge is 0.407 e. The van der Waals surface area contributed by atoms with Crippen LogP contribution in [0.15, 0.2) is 29.3 Å². The fourth-order valence-electron chi connectivity index (χ4n) is 4.64. The van der Waals surface area contributed by atoms with Gasteiger partial charge in [0.1, 0.15) is 5.60 Å². The lowest BCUT2D eigenvalue weighted by molar-refractivity contribution is 0.0507. The number of aryl methyl sites for hydroxylation is 1. The number of hydrogen-bond donors (Lipinski definition) is 2. The van der Waals surface area contributed by atoms with Crippen LogP contribution >= 0.6 is 0 Å². The Morgan fingerprint density at radius 1 is 1.28 bits per heavy atom. The van der Waals surface area contributed by atoms with Gasteiger partial charge >= 0.3 is 6.09 Å². The molecule has 2 aliphatic rings. The number of rotatable bonds is 5. The van der Waals surface area contributed by atoms with Crippen LogP contribution in [0.25, 0.3) is 0 Å². The molecule has 0 aromatic heterocycles. The van der Waals surface area contributed by atoms with Crippen molar-refractivity contribution >= 4 is 12.1 Å². The molecule has 2 aliphatic heterocycles. The number of benzene rings is 1. The first-order chi connectivity index (χ1) is 15.2. The van der Waals surface area contributed by atoms with Crippen molar-refractivity contribution < 1.29 is 14.3 Å². The maximum absolute atomic E-state index is 12.2. The zero-order valence-electron chi connectivity index (χ0n) is 20.4. The summed E-state index contributed by atoms with van der Waals surface area (Å²) in [5, 5.41) is 6.47. The lowest BCUT2D eigenvalue weighted by atomic mass is 9.72. The predicted molar refractivity (Wildman–Crippen MR) is 128 cm³/mol. The quantitative estimate of drug-likeness (QED) is 0.536. The molecule has 1 atom stereocenters. The van der Waals surface area contributed by atoms with Gasteiger partial charge in [-0.2, -0.15) is 0 Å². The van der Waals surface area contributed by atoms with Crippen molar-refractivity contribution in [1.29, 1.82) is 0 Å². The molecule has 0 aliphatic carbocycles. The van der Waals surface area contributed by atoms with Gasteiger partial charge in [0.05, 0.1) is 12.6 Å². The highest BCUT2D eigenvalue weighted by Gasteiger charge is 2.36. The third-order valence-corrected chi connectivity index (χ3v) is 6.24. The summed E-state index contributed by atoms with van der Waals surface area (Å²) in [5.74, 6) is 0.917. The van der Waals surface area contributed by atoms with Gasteiger partial charge in [0.15, 0.2) is 5.96 Å². The minimum Gasteiger partial charge on any atom is -0.444 e. The van der Waals surface area contributed by atoms with Crippen LogP contribution in [0.5, 0.6) is 0 Å². The lowest BCUT2D eigenvalue weighted by Crippen LogP contribution is -2.45. The number of carbonyl (C=O) groups excluding carboxylic acids is 1. The van der Waals surface area contributed by atoms with E-state index in [1.165, 1.54) is 11.1 Å². The molecular formula is C25H40N4O3. The second kappa shape index (κ2) is 10.6. The van der Waals surface area contributed by atoms with Crippen molar-refractivity contribution in [2.24, 2.45) is 4.99 Å². The largest absolute Gasteiger partial charge is 0.444 e. The average Bonchev–Trinajstić information content (AvgIpc) is 3.18. The molecule has 2 N–H and O–H groups in total. The molecule has 7 heteroatoms. The number of likely N-dealkylation sites (tertiary alicyclic amines) is 1. The zero-order valence-corrected chi connectivity index (χ0v) is 20.4. The van der Waals surface area contributed by atoms with Crippen LogP contribution in [0.2, 0.25) is 0 Å². The molecule has 7 nitrogen and oxygen atoms in total. The fraction of sp³-hybridized carbons (Fsp3) is 0.680. The molecular weight excluding hydrogens is 404 g/mol. The van der Waals surface area contributed by atoms with Crippen LogP contribution in [0, 0.1) is 6.92 Å². The summed E-state index contributed by atoms with van der Waals surface area (Å²) in [6, 6.07) is 8.72. The first-order valence-electron chi connectivity index (χ1n) is 11.9. The molecule has 1 aromatic rings. The molecule has 1 aromatic carbocycles. The molecule has 0 spiro atoms. The third kappa shape index (κ3) is 6.37. The van der Waals surface area contributed by atoms with E-state index in [0.717, 1.165) is 64.6 Å². The van der Waals surface area contributed by atoms with Crippen molar-refractivity contribution in [2.45, 2.75) is 70.9 Å². The standard InChI is InChI=1S/C25H40N4O3/c1-6-26-22(29-14-11-20(17-29)28-23(30)32-24(3,4)5)27-18-25(12-15-31-16-13-25)21-10-8-7-9-19(21)2/h7-10,20H,6,11-18H2,1-5H3,(H,26,27)(H,28,30). The SMILES string of the molecule is CCNC(=NCC1(c2ccccc2C)CCOCC1)N1CCC(NC(=O)OC(C)(C)C)C1. The van der Waals surface area contributed by atoms with Gasteiger partial charge in [-0.15, -0.1) is 0 Å². The van der Waals surface area contributed by atoms with E-state index in [9.17, 15) is 4.79 Å². The maximum Gasteiger partial charge on any atom is 0.407 e. The highest BCUT2D eigenvalue weighted by Crippen LogP contribution is 2.37. The molecule has 0 bridgehead atoms. The molecule has 2 fully saturated rings. The van der Waals surface area contributed by atoms with Gasteiger partial charge in [-0.1, -0.05) is 24.3 Å². The number of carbonyl (C=O) groups is 1. The highest BCUT2D eigenvalue weighted by atomic mass is 16.6. The predicted octanol–water partition coefficient (Wildman–Crippen LogP) is 3.61. The molecule has 0 radical (unpaired) electrons. The molecule has 3 rings (SSSR count). The number of nitrogens with zero attached hydrogens (tertiary/aromatic N) is 2. The minimum atomic E-state index is -0.494. The van der Waals surface area contributed by atoms with Gasteiger partial charge in [-0.05, 0) is 65.0 Å². The number of nitrogens with one attached hydrogen (secondary N) is 2. The Bertz CT molecular complexity index is 797. The van der Waals surface area contributed by atoms with Crippen molar-refractivity contribution in [3.05, 3.63) is 35.4 Å². The molecule has 0 saturated carbocycles. The second-order valence-corrected chi connectivity index (χ2v) is 9.96. The lowest BCUT2D eigenvalue weighted by Gasteiger charge is -2.38. The van der Waals surface area contributed by atoms with Crippen molar-refractivity contribution in [3.63, 3.8) is 0 Å². The Kier molecular flexibility index (Phi) is 8.04. The van der Waals surface area contributed by atoms with Crippen LogP contribution in [0.4, 0.5) is 4.79 Å². The van der Waals surface area contributed by atoms with Gasteiger partial charge in [0.2, 0.25) is 0 Å². The van der Waals surface area contributed by atoms with E-state index in [1.54, 1.807) is 0 Å². The number of guanidine groups is 1. The van der Waals surface area contributed by atoms with Gasteiger partial charge in [0.25, 0.3) is 0 Å². The van der Waals surface area contributed by atoms with Gasteiger partial charge in [-0.3, -0.25) is 4.99 Å². The summed E-state index contributed by atoms with van der Waals surface area (Å²) in [7, 11) is 0. The highest BCUT2D eigenvalue weighted by molar-refractivity contribution is 5.80. The first kappa shape index (κ1) is 24.4. The van der Waals surface area contributed by atoms with Crippen LogP contribution in [-0.2, 0) is 14.9 Å². The average molecular weight is 445 g/mol. The van der Waals surface area contributed by atoms with Crippen LogP contribution < -0.4 is 10.6 Å². The van der Waals surface area contributed by atoms with Gasteiger partial charge in [-0.25, -0.2) is 4.79 Å². The van der Waals surface area contributed by atoms with Crippen molar-refractivity contribution in [2.75, 3.05) is 39.4 Å². The number of amides is 1. The van der Waals surface area contributed by atoms with Crippen molar-refractivity contribution in [3.8, 4) is 0 Å². The number of hydrogen-bond acceptors (Lipinski definition) is 4. The normalized spacial score (nSPS) is 21.3. The Morgan fingerprint density at radius 2 is 2.00 bits per heavy atom. The number of alkyl carbamates (subject to hydrolysis) is 1. The third-order valence-electron chi connectivity index (χ3n) is 6.24. The van der Waals surface area contributed by atoms with E-state index in [2.05, 4.69) is 53.6 Å². The Hall–Kier alpha value is -2.28. The Labute approximate surface area is 192 Å². The number of ether oxygens (including phenoxy) is 2. The Morgan fingerprint density at radius 3 is 2.66 bits per heavy atom. The monoisotopic (exact) mass is 444 g/mol. The minimum absolute atomic E-state index is 0.00183. The van der Waals surface area contributed by atoms with Crippen LogP contribution in [-0.4, -0.2) is 68.0 Å². The van der Waals surface area contributed by atoms with Crippen LogP contribution in [0.1, 0.15) is 58.1 Å². The van der Waals surface area contributed by atoms with E-state index >= 15 is 0 Å². The topological polar surface area (TPSA) is 75.2 Å². The summed E-state index contributed by atoms with van der Waals surface area (Å²) in [4.78, 5) is 19.5. The molecule has 2 saturated heterocycles. The zero-order chi connectivity index (χ0) is 23.2. The van der Waals surface area contributed by atoms with Crippen molar-refractivity contribution in [1.82, 2.24) is 15.5 Å². The van der Waals surface area contributed by atoms with E-state index in [1.807, 2.05) is 20.8 Å². The maximum atomic E-state index is 12.2. The fourth-order valence-corrected chi connectivity index (χ4v) is 4.64. The van der Waals surface area contributed by atoms with Gasteiger partial charge in [0, 0.05) is 38.3 Å².